The van der Waals surface area contributed by atoms with Gasteiger partial charge in [-0.25, -0.2) is 0 Å². The topological polar surface area (TPSA) is 58.6 Å². The van der Waals surface area contributed by atoms with Crippen molar-refractivity contribution in [3.8, 4) is 0 Å². The molecule has 0 amide bonds. The van der Waals surface area contributed by atoms with Gasteiger partial charge in [-0.2, -0.15) is 0 Å². The highest BCUT2D eigenvalue weighted by molar-refractivity contribution is 7.75. The Morgan fingerprint density at radius 2 is 0.729 bits per heavy atom. The van der Waals surface area contributed by atoms with Gasteiger partial charge in [0.25, 0.3) is 7.82 Å². The molecule has 2 atom stereocenters. The lowest BCUT2D eigenvalue weighted by Gasteiger charge is -2.28. The van der Waals surface area contributed by atoms with E-state index in [1.54, 1.807) is 31.1 Å². The molecule has 4 nitrogen and oxygen atoms in total. The molecule has 2 unspecified atom stereocenters. The number of phosphoric ester groups is 1. The minimum atomic E-state index is -4.14. The van der Waals surface area contributed by atoms with Gasteiger partial charge in [0.1, 0.15) is 0 Å². The molecule has 0 aromatic rings. The van der Waals surface area contributed by atoms with Gasteiger partial charge in [0.2, 0.25) is 0 Å². The molecule has 0 aliphatic heterocycles. The summed E-state index contributed by atoms with van der Waals surface area (Å²) in [5.41, 5.74) is 0. The van der Waals surface area contributed by atoms with Crippen LogP contribution in [0, 0.1) is 11.8 Å². The zero-order chi connectivity index (χ0) is 36.2. The number of phosphoric acid groups is 1. The molecule has 0 spiro atoms. The van der Waals surface area contributed by atoms with Crippen LogP contribution >= 0.6 is 15.1 Å². The number of hydrogen-bond donors (Lipinski definition) is 0. The second-order valence-electron chi connectivity index (χ2n) is 15.1. The molecule has 0 radical (unpaired) electrons. The smallest absolute Gasteiger partial charge is 0.267 e. The summed E-state index contributed by atoms with van der Waals surface area (Å²) in [4.78, 5) is 11.8. The molecule has 0 fully saturated rings. The molecule has 0 saturated heterocycles. The van der Waals surface area contributed by atoms with E-state index in [4.69, 9.17) is 9.05 Å². The zero-order valence-corrected chi connectivity index (χ0v) is 36.1. The van der Waals surface area contributed by atoms with Gasteiger partial charge in [0.15, 0.2) is 0 Å². The normalized spacial score (nSPS) is 14.4. The minimum absolute atomic E-state index is 0.253. The lowest BCUT2D eigenvalue weighted by molar-refractivity contribution is -0.227. The largest absolute Gasteiger partial charge is 0.756 e. The second kappa shape index (κ2) is 37.3. The third-order valence-corrected chi connectivity index (χ3v) is 16.5. The van der Waals surface area contributed by atoms with Crippen LogP contribution in [-0.4, -0.2) is 37.9 Å². The van der Waals surface area contributed by atoms with Gasteiger partial charge in [0.05, 0.1) is 37.9 Å². The van der Waals surface area contributed by atoms with Crippen LogP contribution in [-0.2, 0) is 13.6 Å². The van der Waals surface area contributed by atoms with E-state index in [-0.39, 0.29) is 13.2 Å². The van der Waals surface area contributed by atoms with Crippen molar-refractivity contribution in [2.75, 3.05) is 37.9 Å². The van der Waals surface area contributed by atoms with Crippen molar-refractivity contribution in [3.05, 3.63) is 0 Å². The van der Waals surface area contributed by atoms with Crippen LogP contribution in [0.2, 0.25) is 0 Å². The third kappa shape index (κ3) is 32.4. The molecule has 6 heteroatoms. The first kappa shape index (κ1) is 50.6. The first-order valence-electron chi connectivity index (χ1n) is 21.7. The van der Waals surface area contributed by atoms with Gasteiger partial charge in [-0.15, -0.1) is 0 Å². The predicted octanol–water partition coefficient (Wildman–Crippen LogP) is 15.0. The van der Waals surface area contributed by atoms with E-state index in [0.717, 1.165) is 51.4 Å². The van der Waals surface area contributed by atoms with E-state index in [1.807, 2.05) is 0 Å². The van der Waals surface area contributed by atoms with Crippen molar-refractivity contribution in [1.82, 2.24) is 0 Å². The van der Waals surface area contributed by atoms with E-state index in [2.05, 4.69) is 55.4 Å². The van der Waals surface area contributed by atoms with Crippen molar-refractivity contribution in [2.24, 2.45) is 11.8 Å². The summed E-state index contributed by atoms with van der Waals surface area (Å²) in [5.74, 6) is 0.607. The third-order valence-electron chi connectivity index (χ3n) is 10.5. The van der Waals surface area contributed by atoms with Crippen LogP contribution in [0.25, 0.3) is 0 Å². The van der Waals surface area contributed by atoms with Crippen LogP contribution < -0.4 is 4.89 Å². The maximum Gasteiger partial charge on any atom is 0.267 e. The molecule has 292 valence electrons. The molecule has 0 bridgehead atoms. The maximum absolute atomic E-state index is 11.8. The van der Waals surface area contributed by atoms with Gasteiger partial charge in [-0.05, 0) is 56.8 Å². The highest BCUT2D eigenvalue weighted by Crippen LogP contribution is 2.61. The van der Waals surface area contributed by atoms with Gasteiger partial charge in [-0.1, -0.05) is 177 Å². The summed E-state index contributed by atoms with van der Waals surface area (Å²) in [6.45, 7) is 18.4. The fourth-order valence-corrected chi connectivity index (χ4v) is 12.7. The molecule has 48 heavy (non-hydrogen) atoms. The number of hydrogen-bond acceptors (Lipinski definition) is 4. The monoisotopic (exact) mass is 721 g/mol. The quantitative estimate of drug-likeness (QED) is 0.0477. The SMILES string of the molecule is CCCCC(CC)COP(=O)([O-])OCC(CC)CCCC.CCCCCCCCCCCCCC[P+](CCCC)(CCCC)CCCC. The fourth-order valence-electron chi connectivity index (χ4n) is 6.67. The Bertz CT molecular complexity index is 628. The molecular weight excluding hydrogens is 630 g/mol. The summed E-state index contributed by atoms with van der Waals surface area (Å²) in [5, 5.41) is 0. The summed E-state index contributed by atoms with van der Waals surface area (Å²) in [6.07, 6.45) is 41.3. The standard InChI is InChI=1S/C26H56P.C16H35O4P/c1-5-9-13-14-15-16-17-18-19-20-21-22-26-27(23-10-6-2,24-11-7-3)25-12-8-4;1-5-9-11-15(7-3)13-19-21(17,18)20-14-16(8-4)12-10-6-2/h5-26H2,1-4H3;15-16H,5-14H2,1-4H3,(H,17,18)/q+1;/p-1. The Balaban J connectivity index is 0. The van der Waals surface area contributed by atoms with Crippen LogP contribution in [0.1, 0.15) is 222 Å². The van der Waals surface area contributed by atoms with Crippen LogP contribution in [0.15, 0.2) is 0 Å². The summed E-state index contributed by atoms with van der Waals surface area (Å²) in [6, 6.07) is 0. The van der Waals surface area contributed by atoms with Gasteiger partial charge < -0.3 is 13.9 Å². The number of rotatable bonds is 36. The Kier molecular flexibility index (Phi) is 39.4. The fraction of sp³-hybridized carbons (Fsp3) is 1.00. The van der Waals surface area contributed by atoms with Crippen molar-refractivity contribution >= 4 is 15.1 Å². The molecule has 0 saturated carbocycles. The van der Waals surface area contributed by atoms with E-state index in [0.29, 0.717) is 11.8 Å². The summed E-state index contributed by atoms with van der Waals surface area (Å²) in [7, 11) is -4.77. The van der Waals surface area contributed by atoms with Crippen molar-refractivity contribution in [3.63, 3.8) is 0 Å². The lowest BCUT2D eigenvalue weighted by atomic mass is 10.0. The molecule has 0 aliphatic carbocycles. The highest BCUT2D eigenvalue weighted by Gasteiger charge is 2.34. The van der Waals surface area contributed by atoms with Crippen LogP contribution in [0.4, 0.5) is 0 Å². The van der Waals surface area contributed by atoms with Crippen molar-refractivity contribution in [2.45, 2.75) is 222 Å². The first-order valence-corrected chi connectivity index (χ1v) is 25.7. The van der Waals surface area contributed by atoms with E-state index in [9.17, 15) is 9.46 Å². The molecule has 0 aromatic heterocycles. The number of unbranched alkanes of at least 4 members (excludes halogenated alkanes) is 16. The highest BCUT2D eigenvalue weighted by atomic mass is 31.2. The minimum Gasteiger partial charge on any atom is -0.756 e. The van der Waals surface area contributed by atoms with Crippen molar-refractivity contribution in [1.29, 1.82) is 0 Å². The molecule has 0 N–H and O–H groups in total. The molecule has 0 aromatic carbocycles. The van der Waals surface area contributed by atoms with Crippen LogP contribution in [0.3, 0.4) is 0 Å². The van der Waals surface area contributed by atoms with Crippen LogP contribution in [0.5, 0.6) is 0 Å². The van der Waals surface area contributed by atoms with Gasteiger partial charge in [-0.3, -0.25) is 4.57 Å². The average molecular weight is 721 g/mol. The Hall–Kier alpha value is 0.540. The Morgan fingerprint density at radius 3 is 1.04 bits per heavy atom. The van der Waals surface area contributed by atoms with Gasteiger partial charge >= 0.3 is 0 Å². The van der Waals surface area contributed by atoms with Crippen molar-refractivity contribution < 1.29 is 18.5 Å². The predicted molar refractivity (Wildman–Crippen MR) is 218 cm³/mol. The molecule has 0 heterocycles. The second-order valence-corrected chi connectivity index (χ2v) is 20.9. The van der Waals surface area contributed by atoms with E-state index < -0.39 is 15.1 Å². The Morgan fingerprint density at radius 1 is 0.438 bits per heavy atom. The molecule has 0 rings (SSSR count). The maximum atomic E-state index is 11.8. The van der Waals surface area contributed by atoms with Gasteiger partial charge in [0, 0.05) is 7.26 Å². The first-order chi connectivity index (χ1) is 23.2. The van der Waals surface area contributed by atoms with E-state index in [1.165, 1.54) is 109 Å². The summed E-state index contributed by atoms with van der Waals surface area (Å²) < 4.78 is 21.9. The molecule has 0 aliphatic rings. The average Bonchev–Trinajstić information content (AvgIpc) is 3.09. The lowest BCUT2D eigenvalue weighted by Crippen LogP contribution is -2.17. The molecular formula is C42H90O4P2. The summed E-state index contributed by atoms with van der Waals surface area (Å²) >= 11 is 0. The Labute approximate surface area is 304 Å². The van der Waals surface area contributed by atoms with E-state index >= 15 is 0 Å². The zero-order valence-electron chi connectivity index (χ0n) is 34.3.